The van der Waals surface area contributed by atoms with E-state index in [2.05, 4.69) is 0 Å². The summed E-state index contributed by atoms with van der Waals surface area (Å²) >= 11 is 0.300. The molecular formula is H2OPbZr2. The standard InChI is InChI=1S/O.Pb.2Zr.2H. The van der Waals surface area contributed by atoms with Crippen molar-refractivity contribution >= 4 is 27.3 Å². The number of hydrogen-bond acceptors (Lipinski definition) is 1. The quantitative estimate of drug-likeness (QED) is 0.469. The second-order valence-electron chi connectivity index (χ2n) is 0. The van der Waals surface area contributed by atoms with E-state index in [1.54, 1.807) is 0 Å². The van der Waals surface area contributed by atoms with E-state index in [4.69, 9.17) is 2.81 Å². The first-order valence-corrected chi connectivity index (χ1v) is 1.21. The molecule has 0 aromatic rings. The number of rotatable bonds is 0. The molecule has 0 N–H and O–H groups in total. The van der Waals surface area contributed by atoms with Gasteiger partial charge in [-0.1, -0.05) is 0 Å². The number of hydrogen-bond donors (Lipinski definition) is 0. The van der Waals surface area contributed by atoms with Crippen molar-refractivity contribution in [3.63, 3.8) is 0 Å². The summed E-state index contributed by atoms with van der Waals surface area (Å²) in [4.78, 5) is 0. The van der Waals surface area contributed by atoms with Crippen LogP contribution in [-0.4, -0.2) is 27.3 Å². The van der Waals surface area contributed by atoms with Crippen molar-refractivity contribution < 1.29 is 53.7 Å². The van der Waals surface area contributed by atoms with Gasteiger partial charge in [-0.3, -0.25) is 0 Å². The molecule has 0 aromatic carbocycles. The average molecular weight is 408 g/mol. The molecule has 0 aliphatic rings. The van der Waals surface area contributed by atoms with Crippen molar-refractivity contribution in [3.05, 3.63) is 0 Å². The van der Waals surface area contributed by atoms with Gasteiger partial charge in [-0.2, -0.15) is 0 Å². The first kappa shape index (κ1) is 16.1. The summed E-state index contributed by atoms with van der Waals surface area (Å²) in [5.74, 6) is 0. The molecule has 0 atom stereocenters. The first-order valence-electron chi connectivity index (χ1n) is 0.204. The Bertz CT molecular complexity index is 6.00. The zero-order valence-electron chi connectivity index (χ0n) is 2.12. The Hall–Kier alpha value is 2.49. The maximum absolute atomic E-state index is 8.34. The smallest absolute Gasteiger partial charge is 0 e. The minimum absolute atomic E-state index is 0. The Labute approximate surface area is 79.5 Å². The maximum Gasteiger partial charge on any atom is 0 e. The van der Waals surface area contributed by atoms with Crippen LogP contribution in [0.2, 0.25) is 0 Å². The fourth-order valence-electron chi connectivity index (χ4n) is 0. The van der Waals surface area contributed by atoms with E-state index in [0.29, 0.717) is 24.7 Å². The zero-order valence-corrected chi connectivity index (χ0v) is 12.5. The van der Waals surface area contributed by atoms with E-state index in [-0.39, 0.29) is 53.5 Å². The minimum Gasteiger partial charge on any atom is 0 e. The normalized spacial score (nSPS) is 0.750. The second-order valence-corrected chi connectivity index (χ2v) is 0. The van der Waals surface area contributed by atoms with Crippen LogP contribution in [0, 0.1) is 0 Å². The molecule has 4 heteroatoms. The van der Waals surface area contributed by atoms with Gasteiger partial charge in [-0.25, -0.2) is 0 Å². The third-order valence-electron chi connectivity index (χ3n) is 0. The van der Waals surface area contributed by atoms with Crippen LogP contribution in [-0.2, 0) is 53.7 Å². The van der Waals surface area contributed by atoms with Crippen LogP contribution < -0.4 is 0 Å². The van der Waals surface area contributed by atoms with Crippen LogP contribution in [0.15, 0.2) is 0 Å². The van der Waals surface area contributed by atoms with E-state index in [1.807, 2.05) is 0 Å². The van der Waals surface area contributed by atoms with Gasteiger partial charge >= 0.3 is 54.8 Å². The Morgan fingerprint density at radius 2 is 1.25 bits per heavy atom. The van der Waals surface area contributed by atoms with Gasteiger partial charge in [0.2, 0.25) is 0 Å². The van der Waals surface area contributed by atoms with Gasteiger partial charge in [-0.15, -0.1) is 0 Å². The monoisotopic (exact) mass is 406 g/mol. The fraction of sp³-hybridized carbons (Fsp3) is 0. The van der Waals surface area contributed by atoms with Crippen LogP contribution in [0.5, 0.6) is 0 Å². The molecule has 20 valence electrons. The van der Waals surface area contributed by atoms with E-state index in [0.717, 1.165) is 0 Å². The van der Waals surface area contributed by atoms with Crippen LogP contribution in [0.3, 0.4) is 0 Å². The summed E-state index contributed by atoms with van der Waals surface area (Å²) < 4.78 is 8.34. The summed E-state index contributed by atoms with van der Waals surface area (Å²) in [5.41, 5.74) is 0. The molecule has 0 saturated carbocycles. The molecule has 0 aliphatic heterocycles. The minimum atomic E-state index is 0. The fourth-order valence-corrected chi connectivity index (χ4v) is 0. The molecule has 0 bridgehead atoms. The predicted molar refractivity (Wildman–Crippen MR) is 9.23 cm³/mol. The van der Waals surface area contributed by atoms with E-state index in [9.17, 15) is 0 Å². The maximum atomic E-state index is 8.34. The SMILES string of the molecule is [O]=[Zr].[PbH2].[Zr]. The molecule has 4 heavy (non-hydrogen) atoms. The van der Waals surface area contributed by atoms with Gasteiger partial charge in [0.25, 0.3) is 0 Å². The Balaban J connectivity index is -0.00000000500. The molecule has 0 rings (SSSR count). The summed E-state index contributed by atoms with van der Waals surface area (Å²) in [6.45, 7) is 0. The van der Waals surface area contributed by atoms with E-state index >= 15 is 0 Å². The molecule has 0 heterocycles. The Morgan fingerprint density at radius 1 is 1.25 bits per heavy atom. The summed E-state index contributed by atoms with van der Waals surface area (Å²) in [7, 11) is 0. The molecule has 0 amide bonds. The van der Waals surface area contributed by atoms with Crippen LogP contribution in [0.4, 0.5) is 0 Å². The third kappa shape index (κ3) is 8.82. The van der Waals surface area contributed by atoms with Gasteiger partial charge in [0.1, 0.15) is 0 Å². The van der Waals surface area contributed by atoms with Crippen molar-refractivity contribution in [2.75, 3.05) is 0 Å². The molecule has 0 fully saturated rings. The van der Waals surface area contributed by atoms with Gasteiger partial charge in [0, 0.05) is 26.2 Å². The molecule has 1 nitrogen and oxygen atoms in total. The molecule has 0 aromatic heterocycles. The van der Waals surface area contributed by atoms with Crippen molar-refractivity contribution in [1.82, 2.24) is 0 Å². The van der Waals surface area contributed by atoms with Crippen molar-refractivity contribution in [3.8, 4) is 0 Å². The first-order chi connectivity index (χ1) is 1.00. The van der Waals surface area contributed by atoms with Crippen LogP contribution in [0.25, 0.3) is 0 Å². The van der Waals surface area contributed by atoms with Crippen molar-refractivity contribution in [2.45, 2.75) is 0 Å². The zero-order chi connectivity index (χ0) is 2.00. The topological polar surface area (TPSA) is 17.1 Å². The summed E-state index contributed by atoms with van der Waals surface area (Å²) in [5, 5.41) is 0. The second kappa shape index (κ2) is 17.9. The Morgan fingerprint density at radius 3 is 1.25 bits per heavy atom. The van der Waals surface area contributed by atoms with Gasteiger partial charge in [0.15, 0.2) is 0 Å². The molecule has 0 unspecified atom stereocenters. The van der Waals surface area contributed by atoms with Gasteiger partial charge in [-0.05, 0) is 0 Å². The van der Waals surface area contributed by atoms with Crippen LogP contribution in [0.1, 0.15) is 0 Å². The third-order valence-corrected chi connectivity index (χ3v) is 0. The molecule has 0 saturated heterocycles. The molecule has 0 aliphatic carbocycles. The van der Waals surface area contributed by atoms with Gasteiger partial charge < -0.3 is 0 Å². The predicted octanol–water partition coefficient (Wildman–Crippen LogP) is -1.04. The molecule has 2 radical (unpaired) electrons. The molecule has 0 spiro atoms. The average Bonchev–Trinajstić information content (AvgIpc) is 1.00. The van der Waals surface area contributed by atoms with Gasteiger partial charge in [0.05, 0.1) is 0 Å². The van der Waals surface area contributed by atoms with Crippen molar-refractivity contribution in [1.29, 1.82) is 0 Å². The summed E-state index contributed by atoms with van der Waals surface area (Å²) in [6.07, 6.45) is 0. The summed E-state index contributed by atoms with van der Waals surface area (Å²) in [6, 6.07) is 0. The van der Waals surface area contributed by atoms with E-state index < -0.39 is 0 Å². The Kier molecular flexibility index (Phi) is 71.7. The van der Waals surface area contributed by atoms with Crippen molar-refractivity contribution in [2.24, 2.45) is 0 Å². The molecular weight excluding hydrogens is 406 g/mol. The largest absolute Gasteiger partial charge is 0 e. The van der Waals surface area contributed by atoms with E-state index in [1.165, 1.54) is 0 Å². The van der Waals surface area contributed by atoms with Crippen LogP contribution >= 0.6 is 0 Å².